The van der Waals surface area contributed by atoms with E-state index in [1.165, 1.54) is 13.2 Å². The highest BCUT2D eigenvalue weighted by Gasteiger charge is 2.50. The number of carbonyl (C=O) groups is 2. The van der Waals surface area contributed by atoms with Crippen LogP contribution < -0.4 is 0 Å². The molecule has 0 N–H and O–H groups in total. The number of ketones is 1. The minimum Gasteiger partial charge on any atom is -0.496 e. The number of ether oxygens (including phenoxy) is 2. The fourth-order valence-corrected chi connectivity index (χ4v) is 2.28. The summed E-state index contributed by atoms with van der Waals surface area (Å²) in [5.41, 5.74) is -0.117. The van der Waals surface area contributed by atoms with E-state index in [0.29, 0.717) is 12.2 Å². The van der Waals surface area contributed by atoms with Gasteiger partial charge in [0, 0.05) is 12.3 Å². The molecular formula is C12H14O4. The van der Waals surface area contributed by atoms with Crippen LogP contribution in [-0.4, -0.2) is 24.5 Å². The van der Waals surface area contributed by atoms with Crippen molar-refractivity contribution in [2.45, 2.75) is 25.9 Å². The maximum Gasteiger partial charge on any atom is 0.335 e. The summed E-state index contributed by atoms with van der Waals surface area (Å²) >= 11 is 0. The van der Waals surface area contributed by atoms with Crippen molar-refractivity contribution in [2.75, 3.05) is 7.11 Å². The molecular weight excluding hydrogens is 208 g/mol. The van der Waals surface area contributed by atoms with Crippen molar-refractivity contribution >= 4 is 11.8 Å². The predicted molar refractivity (Wildman–Crippen MR) is 56.5 cm³/mol. The molecule has 0 aromatic carbocycles. The van der Waals surface area contributed by atoms with E-state index in [9.17, 15) is 9.59 Å². The molecule has 16 heavy (non-hydrogen) atoms. The molecule has 1 spiro atoms. The summed E-state index contributed by atoms with van der Waals surface area (Å²) in [7, 11) is 1.50. The van der Waals surface area contributed by atoms with Gasteiger partial charge < -0.3 is 9.47 Å². The van der Waals surface area contributed by atoms with Crippen LogP contribution in [-0.2, 0) is 19.1 Å². The number of esters is 1. The quantitative estimate of drug-likeness (QED) is 0.629. The number of allylic oxidation sites excluding steroid dienone is 1. The van der Waals surface area contributed by atoms with Crippen LogP contribution >= 0.6 is 0 Å². The van der Waals surface area contributed by atoms with Gasteiger partial charge in [0.1, 0.15) is 0 Å². The lowest BCUT2D eigenvalue weighted by Gasteiger charge is -2.35. The lowest BCUT2D eigenvalue weighted by Crippen LogP contribution is -2.41. The minimum absolute atomic E-state index is 0.0709. The largest absolute Gasteiger partial charge is 0.496 e. The van der Waals surface area contributed by atoms with Gasteiger partial charge in [0.25, 0.3) is 0 Å². The normalized spacial score (nSPS) is 33.6. The average Bonchev–Trinajstić information content (AvgIpc) is 2.53. The Labute approximate surface area is 93.9 Å². The lowest BCUT2D eigenvalue weighted by atomic mass is 9.77. The van der Waals surface area contributed by atoms with E-state index in [1.807, 2.05) is 6.92 Å². The van der Waals surface area contributed by atoms with E-state index in [1.54, 1.807) is 13.0 Å². The molecule has 2 atom stereocenters. The van der Waals surface area contributed by atoms with E-state index in [-0.39, 0.29) is 11.7 Å². The third kappa shape index (κ3) is 1.37. The van der Waals surface area contributed by atoms with E-state index in [4.69, 9.17) is 9.47 Å². The molecule has 1 aliphatic heterocycles. The van der Waals surface area contributed by atoms with Crippen molar-refractivity contribution in [1.29, 1.82) is 0 Å². The Hall–Kier alpha value is -1.58. The maximum absolute atomic E-state index is 11.5. The van der Waals surface area contributed by atoms with E-state index < -0.39 is 11.6 Å². The van der Waals surface area contributed by atoms with Crippen molar-refractivity contribution in [3.63, 3.8) is 0 Å². The van der Waals surface area contributed by atoms with Crippen molar-refractivity contribution in [3.05, 3.63) is 23.5 Å². The summed E-state index contributed by atoms with van der Waals surface area (Å²) in [6, 6.07) is 0. The van der Waals surface area contributed by atoms with Crippen LogP contribution in [0.25, 0.3) is 0 Å². The average molecular weight is 222 g/mol. The third-order valence-electron chi connectivity index (χ3n) is 3.22. The number of hydrogen-bond acceptors (Lipinski definition) is 4. The Morgan fingerprint density at radius 2 is 2.12 bits per heavy atom. The standard InChI is InChI=1S/C12H14O4/c1-7-6-12(8(2)4-9(7)13)10(15-3)5-11(14)16-12/h4-5,7H,6H2,1-3H3/t7-,12+/m0/s1. The molecule has 0 unspecified atom stereocenters. The minimum atomic E-state index is -0.848. The van der Waals surface area contributed by atoms with Gasteiger partial charge in [-0.2, -0.15) is 0 Å². The van der Waals surface area contributed by atoms with Gasteiger partial charge in [-0.3, -0.25) is 4.79 Å². The molecule has 1 heterocycles. The summed E-state index contributed by atoms with van der Waals surface area (Å²) in [6.07, 6.45) is 3.35. The van der Waals surface area contributed by atoms with Gasteiger partial charge >= 0.3 is 5.97 Å². The Kier molecular flexibility index (Phi) is 2.37. The molecule has 0 amide bonds. The molecule has 0 aromatic heterocycles. The molecule has 0 saturated heterocycles. The van der Waals surface area contributed by atoms with Gasteiger partial charge in [-0.15, -0.1) is 0 Å². The third-order valence-corrected chi connectivity index (χ3v) is 3.22. The zero-order valence-corrected chi connectivity index (χ0v) is 9.57. The van der Waals surface area contributed by atoms with E-state index >= 15 is 0 Å². The van der Waals surface area contributed by atoms with Crippen LogP contribution in [0.5, 0.6) is 0 Å². The second kappa shape index (κ2) is 3.47. The van der Waals surface area contributed by atoms with Crippen LogP contribution in [0.2, 0.25) is 0 Å². The van der Waals surface area contributed by atoms with Crippen LogP contribution in [0.3, 0.4) is 0 Å². The molecule has 0 aromatic rings. The van der Waals surface area contributed by atoms with Gasteiger partial charge in [-0.05, 0) is 18.6 Å². The second-order valence-electron chi connectivity index (χ2n) is 4.30. The van der Waals surface area contributed by atoms with E-state index in [2.05, 4.69) is 0 Å². The SMILES string of the molecule is COC1=CC(=O)O[C@@]12C[C@H](C)C(=O)C=C2C. The highest BCUT2D eigenvalue weighted by Crippen LogP contribution is 2.43. The first kappa shape index (κ1) is 10.9. The number of methoxy groups -OCH3 is 1. The van der Waals surface area contributed by atoms with Crippen LogP contribution in [0.15, 0.2) is 23.5 Å². The van der Waals surface area contributed by atoms with Crippen LogP contribution in [0.4, 0.5) is 0 Å². The molecule has 4 nitrogen and oxygen atoms in total. The van der Waals surface area contributed by atoms with Gasteiger partial charge in [0.05, 0.1) is 13.2 Å². The Bertz CT molecular complexity index is 419. The molecule has 0 radical (unpaired) electrons. The summed E-state index contributed by atoms with van der Waals surface area (Å²) < 4.78 is 10.5. The van der Waals surface area contributed by atoms with Crippen LogP contribution in [0, 0.1) is 5.92 Å². The maximum atomic E-state index is 11.5. The highest BCUT2D eigenvalue weighted by molar-refractivity contribution is 5.95. The zero-order chi connectivity index (χ0) is 11.9. The Balaban J connectivity index is 2.47. The van der Waals surface area contributed by atoms with Gasteiger partial charge in [0.15, 0.2) is 17.1 Å². The molecule has 2 aliphatic rings. The first-order chi connectivity index (χ1) is 7.49. The molecule has 0 saturated carbocycles. The number of hydrogen-bond donors (Lipinski definition) is 0. The molecule has 0 bridgehead atoms. The van der Waals surface area contributed by atoms with Gasteiger partial charge in [0.2, 0.25) is 0 Å². The summed E-state index contributed by atoms with van der Waals surface area (Å²) in [6.45, 7) is 3.61. The fourth-order valence-electron chi connectivity index (χ4n) is 2.28. The van der Waals surface area contributed by atoms with E-state index in [0.717, 1.165) is 5.57 Å². The topological polar surface area (TPSA) is 52.6 Å². The summed E-state index contributed by atoms with van der Waals surface area (Å²) in [4.78, 5) is 22.9. The number of rotatable bonds is 1. The Morgan fingerprint density at radius 3 is 2.75 bits per heavy atom. The number of carbonyl (C=O) groups excluding carboxylic acids is 2. The molecule has 0 fully saturated rings. The molecule has 86 valence electrons. The van der Waals surface area contributed by atoms with Crippen LogP contribution in [0.1, 0.15) is 20.3 Å². The Morgan fingerprint density at radius 1 is 1.44 bits per heavy atom. The van der Waals surface area contributed by atoms with Gasteiger partial charge in [-0.1, -0.05) is 6.92 Å². The monoisotopic (exact) mass is 222 g/mol. The van der Waals surface area contributed by atoms with Crippen molar-refractivity contribution in [1.82, 2.24) is 0 Å². The second-order valence-corrected chi connectivity index (χ2v) is 4.30. The molecule has 1 aliphatic carbocycles. The first-order valence-electron chi connectivity index (χ1n) is 5.21. The summed E-state index contributed by atoms with van der Waals surface area (Å²) in [5.74, 6) is -0.00794. The molecule has 4 heteroatoms. The van der Waals surface area contributed by atoms with Gasteiger partial charge in [-0.25, -0.2) is 4.79 Å². The smallest absolute Gasteiger partial charge is 0.335 e. The lowest BCUT2D eigenvalue weighted by molar-refractivity contribution is -0.147. The van der Waals surface area contributed by atoms with Crippen molar-refractivity contribution in [2.24, 2.45) is 5.92 Å². The summed E-state index contributed by atoms with van der Waals surface area (Å²) in [5, 5.41) is 0. The molecule has 2 rings (SSSR count). The fraction of sp³-hybridized carbons (Fsp3) is 0.500. The highest BCUT2D eigenvalue weighted by atomic mass is 16.6. The van der Waals surface area contributed by atoms with Crippen molar-refractivity contribution < 1.29 is 19.1 Å². The van der Waals surface area contributed by atoms with Crippen molar-refractivity contribution in [3.8, 4) is 0 Å². The first-order valence-corrected chi connectivity index (χ1v) is 5.21. The zero-order valence-electron chi connectivity index (χ0n) is 9.57. The predicted octanol–water partition coefficient (Wildman–Crippen LogP) is 1.37.